The summed E-state index contributed by atoms with van der Waals surface area (Å²) in [6.45, 7) is 6.68. The van der Waals surface area contributed by atoms with Crippen molar-refractivity contribution in [3.05, 3.63) is 54.1 Å². The zero-order valence-electron chi connectivity index (χ0n) is 18.5. The maximum absolute atomic E-state index is 12.7. The molecule has 0 saturated carbocycles. The molecule has 0 atom stereocenters. The minimum absolute atomic E-state index is 0.0898. The molecule has 6 heteroatoms. The van der Waals surface area contributed by atoms with Gasteiger partial charge >= 0.3 is 0 Å². The Kier molecular flexibility index (Phi) is 8.33. The zero-order chi connectivity index (χ0) is 22.1. The molecule has 3 rings (SSSR count). The van der Waals surface area contributed by atoms with Gasteiger partial charge in [0.1, 0.15) is 5.75 Å². The Morgan fingerprint density at radius 2 is 1.52 bits per heavy atom. The number of rotatable bonds is 8. The smallest absolute Gasteiger partial charge is 0.253 e. The van der Waals surface area contributed by atoms with E-state index >= 15 is 0 Å². The van der Waals surface area contributed by atoms with Gasteiger partial charge in [-0.3, -0.25) is 9.59 Å². The number of nitrogens with one attached hydrogen (secondary N) is 2. The van der Waals surface area contributed by atoms with Crippen molar-refractivity contribution in [1.82, 2.24) is 4.90 Å². The van der Waals surface area contributed by atoms with Crippen LogP contribution < -0.4 is 15.4 Å². The van der Waals surface area contributed by atoms with Gasteiger partial charge in [0.2, 0.25) is 5.91 Å². The van der Waals surface area contributed by atoms with Crippen LogP contribution in [0, 0.1) is 5.92 Å². The molecule has 0 aromatic heterocycles. The number of amides is 2. The number of hydrogen-bond donors (Lipinski definition) is 2. The fourth-order valence-electron chi connectivity index (χ4n) is 3.47. The van der Waals surface area contributed by atoms with Crippen LogP contribution in [0.2, 0.25) is 0 Å². The van der Waals surface area contributed by atoms with Crippen molar-refractivity contribution in [1.29, 1.82) is 0 Å². The van der Waals surface area contributed by atoms with Crippen LogP contribution in [0.4, 0.5) is 11.4 Å². The molecule has 1 aliphatic heterocycles. The van der Waals surface area contributed by atoms with Crippen molar-refractivity contribution in [2.45, 2.75) is 39.5 Å². The number of carbonyl (C=O) groups is 2. The van der Waals surface area contributed by atoms with E-state index in [2.05, 4.69) is 24.5 Å². The predicted octanol–water partition coefficient (Wildman–Crippen LogP) is 4.79. The Balaban J connectivity index is 1.45. The maximum Gasteiger partial charge on any atom is 0.253 e. The monoisotopic (exact) mass is 423 g/mol. The van der Waals surface area contributed by atoms with Crippen molar-refractivity contribution < 1.29 is 14.3 Å². The number of anilines is 2. The first kappa shape index (κ1) is 22.7. The summed E-state index contributed by atoms with van der Waals surface area (Å²) in [6.07, 6.45) is 4.55. The fraction of sp³-hybridized carbons (Fsp3) is 0.440. The quantitative estimate of drug-likeness (QED) is 0.641. The fourth-order valence-corrected chi connectivity index (χ4v) is 3.47. The average Bonchev–Trinajstić information content (AvgIpc) is 3.07. The lowest BCUT2D eigenvalue weighted by molar-refractivity contribution is -0.114. The largest absolute Gasteiger partial charge is 0.493 e. The molecule has 6 nitrogen and oxygen atoms in total. The Hall–Kier alpha value is -3.02. The van der Waals surface area contributed by atoms with Crippen molar-refractivity contribution in [2.24, 2.45) is 5.92 Å². The van der Waals surface area contributed by atoms with Crippen LogP contribution >= 0.6 is 0 Å². The van der Waals surface area contributed by atoms with Gasteiger partial charge in [-0.1, -0.05) is 26.7 Å². The second-order valence-electron chi connectivity index (χ2n) is 8.41. The Morgan fingerprint density at radius 3 is 2.13 bits per heavy atom. The molecule has 0 spiro atoms. The first-order valence-electron chi connectivity index (χ1n) is 11.2. The van der Waals surface area contributed by atoms with Crippen molar-refractivity contribution in [3.8, 4) is 5.75 Å². The normalized spacial score (nSPS) is 14.1. The summed E-state index contributed by atoms with van der Waals surface area (Å²) in [5.41, 5.74) is 2.22. The minimum Gasteiger partial charge on any atom is -0.493 e. The van der Waals surface area contributed by atoms with Crippen LogP contribution in [0.1, 0.15) is 49.9 Å². The average molecular weight is 424 g/mol. The third-order valence-corrected chi connectivity index (χ3v) is 5.20. The van der Waals surface area contributed by atoms with E-state index in [0.29, 0.717) is 18.1 Å². The minimum atomic E-state index is -0.138. The number of likely N-dealkylation sites (tertiary alicyclic amines) is 1. The molecule has 1 heterocycles. The van der Waals surface area contributed by atoms with Crippen LogP contribution in [0.5, 0.6) is 5.75 Å². The molecule has 0 unspecified atom stereocenters. The lowest BCUT2D eigenvalue weighted by Gasteiger charge is -2.20. The van der Waals surface area contributed by atoms with E-state index in [1.807, 2.05) is 53.4 Å². The SMILES string of the molecule is CC(C)COc1ccc(NC(=O)CNc2ccc(C(=O)N3CCCCCC3)cc2)cc1. The van der Waals surface area contributed by atoms with Crippen LogP contribution in [-0.2, 0) is 4.79 Å². The van der Waals surface area contributed by atoms with Gasteiger partial charge in [-0.25, -0.2) is 0 Å². The number of benzene rings is 2. The topological polar surface area (TPSA) is 70.7 Å². The third-order valence-electron chi connectivity index (χ3n) is 5.20. The molecule has 166 valence electrons. The Bertz CT molecular complexity index is 839. The number of ether oxygens (including phenoxy) is 1. The van der Waals surface area contributed by atoms with Gasteiger partial charge < -0.3 is 20.3 Å². The molecule has 0 bridgehead atoms. The number of carbonyl (C=O) groups excluding carboxylic acids is 2. The van der Waals surface area contributed by atoms with E-state index < -0.39 is 0 Å². The van der Waals surface area contributed by atoms with E-state index in [0.717, 1.165) is 43.1 Å². The van der Waals surface area contributed by atoms with Crippen LogP contribution in [0.15, 0.2) is 48.5 Å². The first-order valence-corrected chi connectivity index (χ1v) is 11.2. The van der Waals surface area contributed by atoms with Crippen LogP contribution in [-0.4, -0.2) is 43.0 Å². The van der Waals surface area contributed by atoms with Gasteiger partial charge in [0.05, 0.1) is 13.2 Å². The Labute approximate surface area is 185 Å². The molecule has 1 aliphatic rings. The summed E-state index contributed by atoms with van der Waals surface area (Å²) < 4.78 is 5.65. The lowest BCUT2D eigenvalue weighted by Crippen LogP contribution is -2.31. The maximum atomic E-state index is 12.7. The molecule has 2 amide bonds. The number of hydrogen-bond acceptors (Lipinski definition) is 4. The van der Waals surface area contributed by atoms with Crippen LogP contribution in [0.25, 0.3) is 0 Å². The molecule has 2 aromatic carbocycles. The third kappa shape index (κ3) is 7.31. The summed E-state index contributed by atoms with van der Waals surface area (Å²) in [5.74, 6) is 1.21. The summed E-state index contributed by atoms with van der Waals surface area (Å²) in [5, 5.41) is 5.97. The molecule has 1 saturated heterocycles. The van der Waals surface area contributed by atoms with Crippen molar-refractivity contribution >= 4 is 23.2 Å². The van der Waals surface area contributed by atoms with Gasteiger partial charge in [-0.05, 0) is 67.3 Å². The van der Waals surface area contributed by atoms with E-state index in [-0.39, 0.29) is 18.4 Å². The molecule has 2 N–H and O–H groups in total. The molecule has 0 aliphatic carbocycles. The van der Waals surface area contributed by atoms with E-state index in [9.17, 15) is 9.59 Å². The van der Waals surface area contributed by atoms with Gasteiger partial charge in [0.25, 0.3) is 5.91 Å². The van der Waals surface area contributed by atoms with E-state index in [4.69, 9.17) is 4.74 Å². The second kappa shape index (κ2) is 11.4. The first-order chi connectivity index (χ1) is 15.0. The van der Waals surface area contributed by atoms with Gasteiger partial charge in [0.15, 0.2) is 0 Å². The highest BCUT2D eigenvalue weighted by Gasteiger charge is 2.17. The molecule has 0 radical (unpaired) electrons. The molecular formula is C25H33N3O3. The molecule has 1 fully saturated rings. The van der Waals surface area contributed by atoms with Crippen molar-refractivity contribution in [3.63, 3.8) is 0 Å². The second-order valence-corrected chi connectivity index (χ2v) is 8.41. The lowest BCUT2D eigenvalue weighted by atomic mass is 10.1. The zero-order valence-corrected chi connectivity index (χ0v) is 18.5. The van der Waals surface area contributed by atoms with Gasteiger partial charge in [-0.15, -0.1) is 0 Å². The Morgan fingerprint density at radius 1 is 0.903 bits per heavy atom. The molecular weight excluding hydrogens is 390 g/mol. The number of nitrogens with zero attached hydrogens (tertiary/aromatic N) is 1. The predicted molar refractivity (Wildman–Crippen MR) is 125 cm³/mol. The van der Waals surface area contributed by atoms with Crippen molar-refractivity contribution in [2.75, 3.05) is 36.9 Å². The summed E-state index contributed by atoms with van der Waals surface area (Å²) in [6, 6.07) is 14.7. The van der Waals surface area contributed by atoms with E-state index in [1.54, 1.807) is 0 Å². The van der Waals surface area contributed by atoms with Crippen LogP contribution in [0.3, 0.4) is 0 Å². The molecule has 31 heavy (non-hydrogen) atoms. The highest BCUT2D eigenvalue weighted by atomic mass is 16.5. The standard InChI is InChI=1S/C25H33N3O3/c1-19(2)18-31-23-13-11-22(12-14-23)27-24(29)17-26-21-9-7-20(8-10-21)25(30)28-15-5-3-4-6-16-28/h7-14,19,26H,3-6,15-18H2,1-2H3,(H,27,29). The highest BCUT2D eigenvalue weighted by molar-refractivity contribution is 5.95. The van der Waals surface area contributed by atoms with E-state index in [1.165, 1.54) is 12.8 Å². The molecule has 2 aromatic rings. The summed E-state index contributed by atoms with van der Waals surface area (Å²) in [4.78, 5) is 26.8. The summed E-state index contributed by atoms with van der Waals surface area (Å²) >= 11 is 0. The summed E-state index contributed by atoms with van der Waals surface area (Å²) in [7, 11) is 0. The van der Waals surface area contributed by atoms with Gasteiger partial charge in [-0.2, -0.15) is 0 Å². The van der Waals surface area contributed by atoms with Gasteiger partial charge in [0, 0.05) is 30.0 Å². The highest BCUT2D eigenvalue weighted by Crippen LogP contribution is 2.17.